The number of benzene rings is 1. The van der Waals surface area contributed by atoms with E-state index in [1.807, 2.05) is 30.3 Å². The van der Waals surface area contributed by atoms with E-state index in [0.29, 0.717) is 11.6 Å². The van der Waals surface area contributed by atoms with Crippen molar-refractivity contribution in [2.75, 3.05) is 12.4 Å². The minimum atomic E-state index is -0.388. The Morgan fingerprint density at radius 2 is 1.95 bits per heavy atom. The van der Waals surface area contributed by atoms with Crippen LogP contribution in [0.15, 0.2) is 48.7 Å². The molecule has 1 amide bonds. The fraction of sp³-hybridized carbons (Fsp3) is 0.294. The van der Waals surface area contributed by atoms with Gasteiger partial charge in [-0.25, -0.2) is 4.98 Å². The first-order valence-electron chi connectivity index (χ1n) is 7.12. The first-order chi connectivity index (χ1) is 10.2. The Morgan fingerprint density at radius 3 is 2.48 bits per heavy atom. The van der Waals surface area contributed by atoms with E-state index in [4.69, 9.17) is 4.74 Å². The van der Waals surface area contributed by atoms with Gasteiger partial charge < -0.3 is 10.1 Å². The Hall–Kier alpha value is -2.36. The van der Waals surface area contributed by atoms with E-state index < -0.39 is 0 Å². The zero-order valence-corrected chi connectivity index (χ0v) is 12.0. The monoisotopic (exact) mass is 282 g/mol. The molecule has 1 heterocycles. The summed E-state index contributed by atoms with van der Waals surface area (Å²) in [6.45, 7) is 0. The Morgan fingerprint density at radius 1 is 1.19 bits per heavy atom. The van der Waals surface area contributed by atoms with Gasteiger partial charge in [0.15, 0.2) is 0 Å². The fourth-order valence-corrected chi connectivity index (χ4v) is 2.76. The summed E-state index contributed by atoms with van der Waals surface area (Å²) in [4.78, 5) is 16.8. The molecule has 1 aliphatic carbocycles. The van der Waals surface area contributed by atoms with Crippen molar-refractivity contribution in [2.24, 2.45) is 0 Å². The second-order valence-electron chi connectivity index (χ2n) is 5.35. The van der Waals surface area contributed by atoms with E-state index in [9.17, 15) is 4.79 Å². The van der Waals surface area contributed by atoms with E-state index in [1.165, 1.54) is 0 Å². The molecule has 108 valence electrons. The number of nitrogens with one attached hydrogen (secondary N) is 1. The van der Waals surface area contributed by atoms with Crippen LogP contribution >= 0.6 is 0 Å². The summed E-state index contributed by atoms with van der Waals surface area (Å²) in [5.74, 6) is 0.585. The van der Waals surface area contributed by atoms with Crippen LogP contribution in [-0.4, -0.2) is 18.0 Å². The van der Waals surface area contributed by atoms with E-state index in [2.05, 4.69) is 10.3 Å². The SMILES string of the molecule is COc1ccc(NC(=O)C2(c3ccccc3)CCC2)cn1. The van der Waals surface area contributed by atoms with Gasteiger partial charge in [0.1, 0.15) is 0 Å². The van der Waals surface area contributed by atoms with E-state index >= 15 is 0 Å². The quantitative estimate of drug-likeness (QED) is 0.937. The van der Waals surface area contributed by atoms with Gasteiger partial charge in [-0.3, -0.25) is 4.79 Å². The number of nitrogens with zero attached hydrogens (tertiary/aromatic N) is 1. The summed E-state index contributed by atoms with van der Waals surface area (Å²) in [5, 5.41) is 2.98. The van der Waals surface area contributed by atoms with Crippen LogP contribution in [0.1, 0.15) is 24.8 Å². The Labute approximate surface area is 124 Å². The third-order valence-corrected chi connectivity index (χ3v) is 4.17. The summed E-state index contributed by atoms with van der Waals surface area (Å²) in [6, 6.07) is 13.6. The van der Waals surface area contributed by atoms with Crippen LogP contribution in [0.5, 0.6) is 5.88 Å². The third-order valence-electron chi connectivity index (χ3n) is 4.17. The molecule has 1 aliphatic rings. The molecule has 2 aromatic rings. The molecule has 4 heteroatoms. The van der Waals surface area contributed by atoms with E-state index in [-0.39, 0.29) is 11.3 Å². The van der Waals surface area contributed by atoms with Crippen molar-refractivity contribution in [1.82, 2.24) is 4.98 Å². The molecule has 1 aromatic heterocycles. The largest absolute Gasteiger partial charge is 0.481 e. The van der Waals surface area contributed by atoms with Crippen LogP contribution in [0, 0.1) is 0 Å². The summed E-state index contributed by atoms with van der Waals surface area (Å²) in [5.41, 5.74) is 1.40. The predicted octanol–water partition coefficient (Wildman–Crippen LogP) is 3.15. The van der Waals surface area contributed by atoms with Crippen molar-refractivity contribution in [1.29, 1.82) is 0 Å². The molecular formula is C17H18N2O2. The molecule has 1 saturated carbocycles. The maximum Gasteiger partial charge on any atom is 0.235 e. The maximum atomic E-state index is 12.7. The molecule has 0 saturated heterocycles. The number of carbonyl (C=O) groups is 1. The number of methoxy groups -OCH3 is 1. The van der Waals surface area contributed by atoms with Crippen molar-refractivity contribution in [3.63, 3.8) is 0 Å². The first kappa shape index (κ1) is 13.6. The summed E-state index contributed by atoms with van der Waals surface area (Å²) in [7, 11) is 1.57. The van der Waals surface area contributed by atoms with Crippen LogP contribution in [0.2, 0.25) is 0 Å². The number of rotatable bonds is 4. The van der Waals surface area contributed by atoms with Crippen LogP contribution in [0.3, 0.4) is 0 Å². The summed E-state index contributed by atoms with van der Waals surface area (Å²) in [6.07, 6.45) is 4.50. The minimum absolute atomic E-state index is 0.0481. The summed E-state index contributed by atoms with van der Waals surface area (Å²) >= 11 is 0. The van der Waals surface area contributed by atoms with Gasteiger partial charge in [0, 0.05) is 6.07 Å². The fourth-order valence-electron chi connectivity index (χ4n) is 2.76. The molecule has 0 spiro atoms. The Balaban J connectivity index is 1.80. The van der Waals surface area contributed by atoms with Crippen LogP contribution in [-0.2, 0) is 10.2 Å². The lowest BCUT2D eigenvalue weighted by Gasteiger charge is -2.40. The predicted molar refractivity (Wildman–Crippen MR) is 81.4 cm³/mol. The normalized spacial score (nSPS) is 15.9. The first-order valence-corrected chi connectivity index (χ1v) is 7.12. The molecule has 4 nitrogen and oxygen atoms in total. The molecule has 1 fully saturated rings. The van der Waals surface area contributed by atoms with Crippen molar-refractivity contribution in [2.45, 2.75) is 24.7 Å². The van der Waals surface area contributed by atoms with Crippen molar-refractivity contribution in [3.05, 3.63) is 54.2 Å². The number of ether oxygens (including phenoxy) is 1. The molecule has 0 atom stereocenters. The lowest BCUT2D eigenvalue weighted by atomic mass is 9.64. The average Bonchev–Trinajstić information content (AvgIpc) is 2.48. The second-order valence-corrected chi connectivity index (χ2v) is 5.35. The highest BCUT2D eigenvalue weighted by molar-refractivity contribution is 5.99. The summed E-state index contributed by atoms with van der Waals surface area (Å²) < 4.78 is 5.02. The van der Waals surface area contributed by atoms with Gasteiger partial charge in [-0.2, -0.15) is 0 Å². The Bertz CT molecular complexity index is 619. The highest BCUT2D eigenvalue weighted by atomic mass is 16.5. The third kappa shape index (κ3) is 2.49. The minimum Gasteiger partial charge on any atom is -0.481 e. The molecule has 21 heavy (non-hydrogen) atoms. The van der Waals surface area contributed by atoms with Gasteiger partial charge in [0.2, 0.25) is 11.8 Å². The number of carbonyl (C=O) groups excluding carboxylic acids is 1. The average molecular weight is 282 g/mol. The van der Waals surface area contributed by atoms with Crippen molar-refractivity contribution >= 4 is 11.6 Å². The highest BCUT2D eigenvalue weighted by Crippen LogP contribution is 2.44. The topological polar surface area (TPSA) is 51.2 Å². The highest BCUT2D eigenvalue weighted by Gasteiger charge is 2.45. The molecule has 0 unspecified atom stereocenters. The zero-order valence-electron chi connectivity index (χ0n) is 12.0. The molecule has 1 N–H and O–H groups in total. The van der Waals surface area contributed by atoms with Gasteiger partial charge in [0.05, 0.1) is 24.4 Å². The van der Waals surface area contributed by atoms with Gasteiger partial charge in [0.25, 0.3) is 0 Å². The Kier molecular flexibility index (Phi) is 3.60. The van der Waals surface area contributed by atoms with Gasteiger partial charge in [-0.15, -0.1) is 0 Å². The second kappa shape index (κ2) is 5.56. The number of amides is 1. The number of hydrogen-bond donors (Lipinski definition) is 1. The lowest BCUT2D eigenvalue weighted by molar-refractivity contribution is -0.124. The van der Waals surface area contributed by atoms with Gasteiger partial charge in [-0.05, 0) is 24.5 Å². The van der Waals surface area contributed by atoms with Crippen molar-refractivity contribution in [3.8, 4) is 5.88 Å². The molecule has 0 radical (unpaired) electrons. The van der Waals surface area contributed by atoms with Gasteiger partial charge >= 0.3 is 0 Å². The standard InChI is InChI=1S/C17H18N2O2/c1-21-15-9-8-14(12-18-15)19-16(20)17(10-5-11-17)13-6-3-2-4-7-13/h2-4,6-9,12H,5,10-11H2,1H3,(H,19,20). The molecule has 0 aliphatic heterocycles. The lowest BCUT2D eigenvalue weighted by Crippen LogP contribution is -2.45. The van der Waals surface area contributed by atoms with Crippen molar-refractivity contribution < 1.29 is 9.53 Å². The molecule has 3 rings (SSSR count). The molecular weight excluding hydrogens is 264 g/mol. The number of pyridine rings is 1. The maximum absolute atomic E-state index is 12.7. The smallest absolute Gasteiger partial charge is 0.235 e. The van der Waals surface area contributed by atoms with E-state index in [1.54, 1.807) is 25.4 Å². The van der Waals surface area contributed by atoms with E-state index in [0.717, 1.165) is 24.8 Å². The van der Waals surface area contributed by atoms with Crippen LogP contribution < -0.4 is 10.1 Å². The molecule has 0 bridgehead atoms. The zero-order chi connectivity index (χ0) is 14.7. The number of aromatic nitrogens is 1. The molecule has 1 aromatic carbocycles. The number of hydrogen-bond acceptors (Lipinski definition) is 3. The van der Waals surface area contributed by atoms with Crippen LogP contribution in [0.4, 0.5) is 5.69 Å². The van der Waals surface area contributed by atoms with Crippen LogP contribution in [0.25, 0.3) is 0 Å². The number of anilines is 1. The van der Waals surface area contributed by atoms with Gasteiger partial charge in [-0.1, -0.05) is 36.8 Å².